The van der Waals surface area contributed by atoms with Gasteiger partial charge in [0.15, 0.2) is 0 Å². The second-order valence-corrected chi connectivity index (χ2v) is 4.74. The summed E-state index contributed by atoms with van der Waals surface area (Å²) in [7, 11) is 0. The molecule has 0 unspecified atom stereocenters. The maximum atomic E-state index is 4.78. The van der Waals surface area contributed by atoms with E-state index in [1.54, 1.807) is 0 Å². The quantitative estimate of drug-likeness (QED) is 0.213. The number of allylic oxidation sites excluding steroid dienone is 2. The topological polar surface area (TPSA) is 0 Å². The van der Waals surface area contributed by atoms with Crippen LogP contribution in [0.25, 0.3) is 0 Å². The molecular formula is C28H25Zr-5. The van der Waals surface area contributed by atoms with Crippen molar-refractivity contribution in [3.05, 3.63) is 171 Å². The van der Waals surface area contributed by atoms with Crippen LogP contribution in [0, 0.1) is 30.8 Å². The van der Waals surface area contributed by atoms with Gasteiger partial charge in [0.25, 0.3) is 0 Å². The van der Waals surface area contributed by atoms with Crippen LogP contribution >= 0.6 is 0 Å². The molecule has 0 fully saturated rings. The smallest absolute Gasteiger partial charge is 0 e. The molecule has 0 nitrogen and oxygen atoms in total. The van der Waals surface area contributed by atoms with E-state index in [-0.39, 0.29) is 26.2 Å². The van der Waals surface area contributed by atoms with Gasteiger partial charge >= 0.3 is 0 Å². The van der Waals surface area contributed by atoms with Gasteiger partial charge < -0.3 is 0 Å². The van der Waals surface area contributed by atoms with Gasteiger partial charge in [-0.1, -0.05) is 0 Å². The number of hydrogen-bond acceptors (Lipinski definition) is 0. The molecule has 4 aromatic rings. The van der Waals surface area contributed by atoms with Crippen LogP contribution in [-0.2, 0) is 26.2 Å². The average Bonchev–Trinajstić information content (AvgIpc) is 2.85. The molecule has 0 heterocycles. The Morgan fingerprint density at radius 3 is 0.655 bits per heavy atom. The van der Waals surface area contributed by atoms with Gasteiger partial charge in [0.1, 0.15) is 0 Å². The first-order valence-corrected chi connectivity index (χ1v) is 8.72. The molecule has 0 aliphatic carbocycles. The van der Waals surface area contributed by atoms with Crippen molar-refractivity contribution in [3.63, 3.8) is 0 Å². The van der Waals surface area contributed by atoms with Crippen LogP contribution in [0.15, 0.2) is 140 Å². The minimum Gasteiger partial charge on any atom is -0.293 e. The van der Waals surface area contributed by atoms with Gasteiger partial charge in [-0.3, -0.25) is 6.58 Å². The molecule has 4 rings (SSSR count). The Hall–Kier alpha value is -2.76. The third-order valence-electron chi connectivity index (χ3n) is 2.56. The van der Waals surface area contributed by atoms with Gasteiger partial charge in [-0.05, 0) is 0 Å². The molecule has 0 aliphatic rings. The molecule has 0 atom stereocenters. The maximum absolute atomic E-state index is 4.78. The fraction of sp³-hybridized carbons (Fsp3) is 0. The standard InChI is InChI=1S/4C6H5.C4H5.Zr/c4*1-2-4-6-5-3-1;1-3-4-2;/h4*1-5H;1,3-4H,2H2;/q5*-1;. The molecule has 0 amide bonds. The predicted octanol–water partition coefficient (Wildman–Crippen LogP) is 7.11. The first kappa shape index (κ1) is 28.5. The zero-order valence-electron chi connectivity index (χ0n) is 16.5. The van der Waals surface area contributed by atoms with Crippen LogP contribution in [0.1, 0.15) is 0 Å². The second-order valence-electron chi connectivity index (χ2n) is 4.74. The van der Waals surface area contributed by atoms with E-state index in [0.29, 0.717) is 0 Å². The first-order valence-electron chi connectivity index (χ1n) is 8.72. The van der Waals surface area contributed by atoms with Crippen LogP contribution in [0.5, 0.6) is 0 Å². The van der Waals surface area contributed by atoms with E-state index in [2.05, 4.69) is 30.8 Å². The van der Waals surface area contributed by atoms with Crippen molar-refractivity contribution in [2.75, 3.05) is 0 Å². The SMILES string of the molecule is [CH-]=CC=C.[Zr].[c-]1ccccc1.[c-]1ccccc1.[c-]1ccccc1.[c-]1ccccc1. The van der Waals surface area contributed by atoms with E-state index < -0.39 is 0 Å². The fourth-order valence-electron chi connectivity index (χ4n) is 1.37. The average molecular weight is 453 g/mol. The van der Waals surface area contributed by atoms with Crippen molar-refractivity contribution >= 4 is 0 Å². The zero-order chi connectivity index (χ0) is 20.4. The van der Waals surface area contributed by atoms with Gasteiger partial charge in [0.05, 0.1) is 0 Å². The van der Waals surface area contributed by atoms with E-state index in [0.717, 1.165) is 0 Å². The molecule has 146 valence electrons. The van der Waals surface area contributed by atoms with E-state index in [9.17, 15) is 0 Å². The van der Waals surface area contributed by atoms with Crippen molar-refractivity contribution in [1.29, 1.82) is 0 Å². The molecule has 0 aromatic heterocycles. The number of hydrogen-bond donors (Lipinski definition) is 0. The minimum atomic E-state index is 0. The summed E-state index contributed by atoms with van der Waals surface area (Å²) in [5.74, 6) is 0. The summed E-state index contributed by atoms with van der Waals surface area (Å²) in [5, 5.41) is 0. The summed E-state index contributed by atoms with van der Waals surface area (Å²) in [6.07, 6.45) is 2.92. The largest absolute Gasteiger partial charge is 0.293 e. The monoisotopic (exact) mass is 451 g/mol. The van der Waals surface area contributed by atoms with Gasteiger partial charge in [-0.2, -0.15) is 152 Å². The molecule has 0 saturated heterocycles. The molecule has 0 spiro atoms. The molecule has 0 saturated carbocycles. The zero-order valence-corrected chi connectivity index (χ0v) is 18.9. The van der Waals surface area contributed by atoms with Crippen LogP contribution < -0.4 is 0 Å². The van der Waals surface area contributed by atoms with Crippen LogP contribution in [0.4, 0.5) is 0 Å². The first-order chi connectivity index (χ1) is 13.9. The van der Waals surface area contributed by atoms with E-state index >= 15 is 0 Å². The molecule has 0 bridgehead atoms. The Labute approximate surface area is 196 Å². The van der Waals surface area contributed by atoms with Crippen LogP contribution in [0.3, 0.4) is 0 Å². The number of benzene rings is 4. The third-order valence-corrected chi connectivity index (χ3v) is 2.56. The van der Waals surface area contributed by atoms with Crippen molar-refractivity contribution in [3.8, 4) is 0 Å². The van der Waals surface area contributed by atoms with Crippen LogP contribution in [-0.4, -0.2) is 0 Å². The summed E-state index contributed by atoms with van der Waals surface area (Å²) < 4.78 is 0. The fourth-order valence-corrected chi connectivity index (χ4v) is 1.37. The van der Waals surface area contributed by atoms with Crippen molar-refractivity contribution in [2.24, 2.45) is 0 Å². The van der Waals surface area contributed by atoms with Crippen molar-refractivity contribution in [1.82, 2.24) is 0 Å². The molecule has 0 N–H and O–H groups in total. The normalized spacial score (nSPS) is 7.31. The number of rotatable bonds is 1. The summed E-state index contributed by atoms with van der Waals surface area (Å²) in [5.41, 5.74) is 0. The molecular weight excluding hydrogens is 428 g/mol. The Kier molecular flexibility index (Phi) is 26.9. The second kappa shape index (κ2) is 27.5. The predicted molar refractivity (Wildman–Crippen MR) is 120 cm³/mol. The third kappa shape index (κ3) is 27.6. The maximum Gasteiger partial charge on any atom is 0 e. The van der Waals surface area contributed by atoms with Crippen molar-refractivity contribution in [2.45, 2.75) is 0 Å². The van der Waals surface area contributed by atoms with Gasteiger partial charge in [0, 0.05) is 26.2 Å². The Morgan fingerprint density at radius 2 is 0.621 bits per heavy atom. The summed E-state index contributed by atoms with van der Waals surface area (Å²) in [4.78, 5) is 0. The van der Waals surface area contributed by atoms with Crippen molar-refractivity contribution < 1.29 is 26.2 Å². The molecule has 4 aromatic carbocycles. The summed E-state index contributed by atoms with van der Waals surface area (Å²) in [6.45, 7) is 8.08. The van der Waals surface area contributed by atoms with Crippen LogP contribution in [0.2, 0.25) is 0 Å². The Balaban J connectivity index is 0. The molecule has 29 heavy (non-hydrogen) atoms. The Bertz CT molecular complexity index is 500. The van der Waals surface area contributed by atoms with E-state index in [1.807, 2.05) is 121 Å². The van der Waals surface area contributed by atoms with E-state index in [4.69, 9.17) is 6.58 Å². The Morgan fingerprint density at radius 1 is 0.448 bits per heavy atom. The molecule has 1 heteroatoms. The summed E-state index contributed by atoms with van der Waals surface area (Å²) >= 11 is 0. The molecule has 0 radical (unpaired) electrons. The minimum absolute atomic E-state index is 0. The van der Waals surface area contributed by atoms with Gasteiger partial charge in [0.2, 0.25) is 0 Å². The summed E-state index contributed by atoms with van der Waals surface area (Å²) in [6, 6.07) is 50.0. The molecule has 0 aliphatic heterocycles. The van der Waals surface area contributed by atoms with Gasteiger partial charge in [-0.25, -0.2) is 12.2 Å². The van der Waals surface area contributed by atoms with E-state index in [1.165, 1.54) is 12.2 Å². The van der Waals surface area contributed by atoms with Gasteiger partial charge in [-0.15, -0.1) is 0 Å².